The topological polar surface area (TPSA) is 58.2 Å². The van der Waals surface area contributed by atoms with Gasteiger partial charge in [0.2, 0.25) is 0 Å². The zero-order valence-corrected chi connectivity index (χ0v) is 13.8. The SMILES string of the molecule is Cc1ccc(C(=O)C(=O)Nc2ccc(Nc3ccccc3)cc2)cc1. The largest absolute Gasteiger partial charge is 0.356 e. The standard InChI is InChI=1S/C21H18N2O2/c1-15-7-9-16(10-8-15)20(24)21(25)23-19-13-11-18(12-14-19)22-17-5-3-2-4-6-17/h2-14,22H,1H3,(H,23,25). The van der Waals surface area contributed by atoms with Gasteiger partial charge in [-0.05, 0) is 43.3 Å². The summed E-state index contributed by atoms with van der Waals surface area (Å²) in [5, 5.41) is 5.89. The fourth-order valence-electron chi connectivity index (χ4n) is 2.35. The highest BCUT2D eigenvalue weighted by atomic mass is 16.2. The number of hydrogen-bond acceptors (Lipinski definition) is 3. The van der Waals surface area contributed by atoms with Crippen LogP contribution in [0.5, 0.6) is 0 Å². The van der Waals surface area contributed by atoms with E-state index >= 15 is 0 Å². The van der Waals surface area contributed by atoms with Gasteiger partial charge in [-0.25, -0.2) is 0 Å². The van der Waals surface area contributed by atoms with Crippen LogP contribution in [0.15, 0.2) is 78.9 Å². The van der Waals surface area contributed by atoms with Gasteiger partial charge in [-0.2, -0.15) is 0 Å². The minimum absolute atomic E-state index is 0.380. The van der Waals surface area contributed by atoms with Crippen molar-refractivity contribution in [1.82, 2.24) is 0 Å². The molecule has 0 saturated carbocycles. The Balaban J connectivity index is 1.63. The molecule has 0 spiro atoms. The van der Waals surface area contributed by atoms with Crippen LogP contribution in [-0.4, -0.2) is 11.7 Å². The number of hydrogen-bond donors (Lipinski definition) is 2. The van der Waals surface area contributed by atoms with Crippen molar-refractivity contribution in [2.45, 2.75) is 6.92 Å². The van der Waals surface area contributed by atoms with Gasteiger partial charge in [0.1, 0.15) is 0 Å². The first-order valence-corrected chi connectivity index (χ1v) is 7.96. The molecule has 4 nitrogen and oxygen atoms in total. The third-order valence-electron chi connectivity index (χ3n) is 3.73. The lowest BCUT2D eigenvalue weighted by Gasteiger charge is -2.08. The molecule has 0 atom stereocenters. The lowest BCUT2D eigenvalue weighted by molar-refractivity contribution is -0.112. The van der Waals surface area contributed by atoms with Crippen LogP contribution in [0.4, 0.5) is 17.1 Å². The summed E-state index contributed by atoms with van der Waals surface area (Å²) in [6, 6.07) is 23.9. The number of carbonyl (C=O) groups excluding carboxylic acids is 2. The second-order valence-electron chi connectivity index (χ2n) is 5.72. The van der Waals surface area contributed by atoms with Gasteiger partial charge in [-0.15, -0.1) is 0 Å². The van der Waals surface area contributed by atoms with Gasteiger partial charge in [0.15, 0.2) is 0 Å². The van der Waals surface area contributed by atoms with Gasteiger partial charge < -0.3 is 10.6 Å². The van der Waals surface area contributed by atoms with Crippen LogP contribution in [0, 0.1) is 6.92 Å². The molecule has 0 aliphatic carbocycles. The lowest BCUT2D eigenvalue weighted by Crippen LogP contribution is -2.22. The van der Waals surface area contributed by atoms with Crippen LogP contribution in [0.3, 0.4) is 0 Å². The number of aryl methyl sites for hydroxylation is 1. The van der Waals surface area contributed by atoms with Gasteiger partial charge in [0.05, 0.1) is 0 Å². The predicted octanol–water partition coefficient (Wildman–Crippen LogP) is 4.56. The summed E-state index contributed by atoms with van der Waals surface area (Å²) in [6.07, 6.45) is 0. The molecule has 3 aromatic carbocycles. The number of Topliss-reactive ketones (excluding diaryl/α,β-unsaturated/α-hetero) is 1. The molecule has 0 heterocycles. The number of rotatable bonds is 5. The molecule has 25 heavy (non-hydrogen) atoms. The summed E-state index contributed by atoms with van der Waals surface area (Å²) in [5.74, 6) is -1.20. The van der Waals surface area contributed by atoms with Crippen molar-refractivity contribution in [3.05, 3.63) is 90.0 Å². The van der Waals surface area contributed by atoms with Crippen molar-refractivity contribution in [3.8, 4) is 0 Å². The Kier molecular flexibility index (Phi) is 4.90. The van der Waals surface area contributed by atoms with Crippen LogP contribution in [-0.2, 0) is 4.79 Å². The van der Waals surface area contributed by atoms with Gasteiger partial charge in [0.25, 0.3) is 11.7 Å². The van der Waals surface area contributed by atoms with Crippen molar-refractivity contribution < 1.29 is 9.59 Å². The van der Waals surface area contributed by atoms with Crippen LogP contribution in [0.2, 0.25) is 0 Å². The van der Waals surface area contributed by atoms with E-state index in [1.54, 1.807) is 24.3 Å². The maximum atomic E-state index is 12.1. The first-order valence-electron chi connectivity index (χ1n) is 7.96. The molecule has 0 aromatic heterocycles. The van der Waals surface area contributed by atoms with Crippen molar-refractivity contribution in [1.29, 1.82) is 0 Å². The molecule has 0 radical (unpaired) electrons. The van der Waals surface area contributed by atoms with E-state index in [9.17, 15) is 9.59 Å². The van der Waals surface area contributed by atoms with E-state index in [2.05, 4.69) is 10.6 Å². The average molecular weight is 330 g/mol. The molecule has 4 heteroatoms. The number of ketones is 1. The summed E-state index contributed by atoms with van der Waals surface area (Å²) in [5.41, 5.74) is 3.87. The summed E-state index contributed by atoms with van der Waals surface area (Å²) in [7, 11) is 0. The van der Waals surface area contributed by atoms with Gasteiger partial charge in [-0.3, -0.25) is 9.59 Å². The Morgan fingerprint density at radius 1 is 0.680 bits per heavy atom. The first kappa shape index (κ1) is 16.5. The Morgan fingerprint density at radius 3 is 1.88 bits per heavy atom. The number of para-hydroxylation sites is 1. The van der Waals surface area contributed by atoms with Gasteiger partial charge in [-0.1, -0.05) is 48.0 Å². The first-order chi connectivity index (χ1) is 12.1. The van der Waals surface area contributed by atoms with Crippen LogP contribution in [0.25, 0.3) is 0 Å². The monoisotopic (exact) mass is 330 g/mol. The Morgan fingerprint density at radius 2 is 1.24 bits per heavy atom. The normalized spacial score (nSPS) is 10.1. The summed E-state index contributed by atoms with van der Waals surface area (Å²) >= 11 is 0. The Labute approximate surface area is 146 Å². The minimum Gasteiger partial charge on any atom is -0.356 e. The van der Waals surface area contributed by atoms with Crippen molar-refractivity contribution in [2.24, 2.45) is 0 Å². The molecular weight excluding hydrogens is 312 g/mol. The third-order valence-corrected chi connectivity index (χ3v) is 3.73. The Hall–Kier alpha value is -3.40. The summed E-state index contributed by atoms with van der Waals surface area (Å²) in [4.78, 5) is 24.2. The molecular formula is C21H18N2O2. The number of nitrogens with one attached hydrogen (secondary N) is 2. The van der Waals surface area contributed by atoms with Gasteiger partial charge in [0, 0.05) is 22.6 Å². The van der Waals surface area contributed by atoms with E-state index < -0.39 is 11.7 Å². The quantitative estimate of drug-likeness (QED) is 0.532. The molecule has 2 N–H and O–H groups in total. The number of carbonyl (C=O) groups is 2. The van der Waals surface area contributed by atoms with E-state index in [0.29, 0.717) is 11.3 Å². The van der Waals surface area contributed by atoms with Crippen molar-refractivity contribution in [3.63, 3.8) is 0 Å². The molecule has 1 amide bonds. The maximum Gasteiger partial charge on any atom is 0.296 e. The van der Waals surface area contributed by atoms with E-state index in [4.69, 9.17) is 0 Å². The third kappa shape index (κ3) is 4.32. The maximum absolute atomic E-state index is 12.1. The lowest BCUT2D eigenvalue weighted by atomic mass is 10.1. The molecule has 0 aliphatic heterocycles. The van der Waals surface area contributed by atoms with E-state index in [1.165, 1.54) is 0 Å². The fraction of sp³-hybridized carbons (Fsp3) is 0.0476. The Bertz CT molecular complexity index is 870. The number of anilines is 3. The molecule has 0 saturated heterocycles. The molecule has 0 aliphatic rings. The summed E-state index contributed by atoms with van der Waals surface area (Å²) < 4.78 is 0. The number of benzene rings is 3. The van der Waals surface area contributed by atoms with Crippen LogP contribution < -0.4 is 10.6 Å². The fourth-order valence-corrected chi connectivity index (χ4v) is 2.35. The molecule has 3 aromatic rings. The van der Waals surface area contributed by atoms with Gasteiger partial charge >= 0.3 is 0 Å². The second kappa shape index (κ2) is 7.45. The van der Waals surface area contributed by atoms with Crippen LogP contribution in [0.1, 0.15) is 15.9 Å². The van der Waals surface area contributed by atoms with Crippen molar-refractivity contribution in [2.75, 3.05) is 10.6 Å². The zero-order chi connectivity index (χ0) is 17.6. The molecule has 124 valence electrons. The molecule has 0 bridgehead atoms. The second-order valence-corrected chi connectivity index (χ2v) is 5.72. The molecule has 0 unspecified atom stereocenters. The average Bonchev–Trinajstić information content (AvgIpc) is 2.64. The highest BCUT2D eigenvalue weighted by molar-refractivity contribution is 6.46. The van der Waals surface area contributed by atoms with E-state index in [-0.39, 0.29) is 0 Å². The minimum atomic E-state index is -0.646. The summed E-state index contributed by atoms with van der Waals surface area (Å²) in [6.45, 7) is 1.93. The zero-order valence-electron chi connectivity index (χ0n) is 13.8. The predicted molar refractivity (Wildman–Crippen MR) is 100 cm³/mol. The highest BCUT2D eigenvalue weighted by Gasteiger charge is 2.16. The van der Waals surface area contributed by atoms with Crippen molar-refractivity contribution >= 4 is 28.8 Å². The van der Waals surface area contributed by atoms with E-state index in [0.717, 1.165) is 16.9 Å². The molecule has 0 fully saturated rings. The molecule has 3 rings (SSSR count). The smallest absolute Gasteiger partial charge is 0.296 e. The highest BCUT2D eigenvalue weighted by Crippen LogP contribution is 2.18. The van der Waals surface area contributed by atoms with E-state index in [1.807, 2.05) is 61.5 Å². The number of amides is 1. The van der Waals surface area contributed by atoms with Crippen LogP contribution >= 0.6 is 0 Å².